The number of ether oxygens (including phenoxy) is 1. The molecule has 10 nitrogen and oxygen atoms in total. The van der Waals surface area contributed by atoms with Crippen LogP contribution in [0.15, 0.2) is 35.4 Å². The average molecular weight is 511 g/mol. The molecule has 0 aromatic carbocycles. The van der Waals surface area contributed by atoms with E-state index in [1.807, 2.05) is 51.7 Å². The molecule has 11 heteroatoms. The fraction of sp³-hybridized carbons (Fsp3) is 0.615. The summed E-state index contributed by atoms with van der Waals surface area (Å²) in [7, 11) is 1.12. The van der Waals surface area contributed by atoms with E-state index in [2.05, 4.69) is 22.1 Å². The summed E-state index contributed by atoms with van der Waals surface area (Å²) in [5.41, 5.74) is -0.229. The number of nitrogens with zero attached hydrogens (tertiary/aromatic N) is 4. The van der Waals surface area contributed by atoms with Gasteiger partial charge in [0.15, 0.2) is 0 Å². The predicted molar refractivity (Wildman–Crippen MR) is 144 cm³/mol. The molecule has 2 N–H and O–H groups in total. The third-order valence-electron chi connectivity index (χ3n) is 8.12. The number of hydrogen-bond acceptors (Lipinski definition) is 9. The maximum absolute atomic E-state index is 12.9. The molecule has 3 aliphatic heterocycles. The molecule has 2 aromatic heterocycles. The van der Waals surface area contributed by atoms with Crippen LogP contribution in [0, 0.1) is 0 Å². The second-order valence-corrected chi connectivity index (χ2v) is 11.8. The van der Waals surface area contributed by atoms with Crippen LogP contribution in [0.4, 0.5) is 17.2 Å². The molecule has 200 valence electrons. The zero-order valence-electron chi connectivity index (χ0n) is 22.8. The SMILES string of the molecule is C[C@H]1CN(C2COC2)CC(C)(O)N1c1ccc(Nc2cc(B3OC(C)(C)C(C)(C)O3)cn(C)c2=O)nc1. The maximum Gasteiger partial charge on any atom is 0.496 e. The molecule has 37 heavy (non-hydrogen) atoms. The molecular weight excluding hydrogens is 473 g/mol. The summed E-state index contributed by atoms with van der Waals surface area (Å²) in [5, 5.41) is 14.5. The van der Waals surface area contributed by atoms with E-state index in [0.29, 0.717) is 24.1 Å². The lowest BCUT2D eigenvalue weighted by Gasteiger charge is -2.53. The summed E-state index contributed by atoms with van der Waals surface area (Å²) < 4.78 is 19.2. The van der Waals surface area contributed by atoms with E-state index < -0.39 is 24.0 Å². The van der Waals surface area contributed by atoms with Gasteiger partial charge in [0.1, 0.15) is 17.2 Å². The molecule has 0 radical (unpaired) electrons. The number of aliphatic hydroxyl groups is 1. The first kappa shape index (κ1) is 26.2. The van der Waals surface area contributed by atoms with E-state index in [1.165, 1.54) is 4.57 Å². The second-order valence-electron chi connectivity index (χ2n) is 11.8. The Balaban J connectivity index is 1.34. The van der Waals surface area contributed by atoms with E-state index >= 15 is 0 Å². The Labute approximate surface area is 218 Å². The lowest BCUT2D eigenvalue weighted by Crippen LogP contribution is -2.68. The number of hydrogen-bond donors (Lipinski definition) is 2. The molecule has 0 amide bonds. The Kier molecular flexibility index (Phi) is 6.43. The number of rotatable bonds is 5. The number of piperazine rings is 1. The molecule has 3 aliphatic rings. The Morgan fingerprint density at radius 3 is 2.35 bits per heavy atom. The van der Waals surface area contributed by atoms with Gasteiger partial charge in [-0.1, -0.05) is 0 Å². The smallest absolute Gasteiger partial charge is 0.399 e. The first-order chi connectivity index (χ1) is 17.3. The van der Waals surface area contributed by atoms with E-state index in [4.69, 9.17) is 14.0 Å². The monoisotopic (exact) mass is 511 g/mol. The standard InChI is InChI=1S/C26H38BN5O5/c1-17-12-31(20-14-35-15-20)16-26(6,34)32(17)19-8-9-22(28-11-19)29-21-10-18(13-30(7)23(21)33)27-36-24(2,3)25(4,5)37-27/h8-11,13,17,20,34H,12,14-16H2,1-7H3,(H,28,29)/t17-,26?/m0/s1. The molecule has 5 rings (SSSR count). The molecule has 0 saturated carbocycles. The van der Waals surface area contributed by atoms with Gasteiger partial charge in [-0.3, -0.25) is 9.69 Å². The molecule has 3 fully saturated rings. The number of aryl methyl sites for hydroxylation is 1. The fourth-order valence-corrected chi connectivity index (χ4v) is 5.34. The molecule has 5 heterocycles. The molecule has 0 bridgehead atoms. The van der Waals surface area contributed by atoms with Crippen molar-refractivity contribution in [2.45, 2.75) is 70.6 Å². The topological polar surface area (TPSA) is 101 Å². The van der Waals surface area contributed by atoms with Crippen LogP contribution in [-0.2, 0) is 21.1 Å². The van der Waals surface area contributed by atoms with Crippen LogP contribution in [0.2, 0.25) is 0 Å². The summed E-state index contributed by atoms with van der Waals surface area (Å²) >= 11 is 0. The normalized spacial score (nSPS) is 27.8. The number of aromatic nitrogens is 2. The van der Waals surface area contributed by atoms with Crippen molar-refractivity contribution in [3.63, 3.8) is 0 Å². The van der Waals surface area contributed by atoms with Crippen LogP contribution in [-0.4, -0.2) is 82.0 Å². The molecular formula is C26H38BN5O5. The van der Waals surface area contributed by atoms with E-state index in [-0.39, 0.29) is 11.6 Å². The van der Waals surface area contributed by atoms with Gasteiger partial charge in [0, 0.05) is 37.8 Å². The van der Waals surface area contributed by atoms with Crippen LogP contribution in [0.25, 0.3) is 0 Å². The first-order valence-corrected chi connectivity index (χ1v) is 12.9. The average Bonchev–Trinajstić information content (AvgIpc) is 2.97. The highest BCUT2D eigenvalue weighted by molar-refractivity contribution is 6.62. The molecule has 2 atom stereocenters. The summed E-state index contributed by atoms with van der Waals surface area (Å²) in [5.74, 6) is 0.532. The Morgan fingerprint density at radius 1 is 1.14 bits per heavy atom. The number of β-amino-alcohol motifs (C(OH)–C–C–N with tert-alkyl or cyclic N) is 1. The third kappa shape index (κ3) is 4.79. The Morgan fingerprint density at radius 2 is 1.81 bits per heavy atom. The summed E-state index contributed by atoms with van der Waals surface area (Å²) in [6.07, 6.45) is 3.48. The van der Waals surface area contributed by atoms with Crippen molar-refractivity contribution in [3.05, 3.63) is 40.9 Å². The highest BCUT2D eigenvalue weighted by Gasteiger charge is 2.52. The van der Waals surface area contributed by atoms with Gasteiger partial charge < -0.3 is 33.9 Å². The Bertz CT molecular complexity index is 1190. The van der Waals surface area contributed by atoms with E-state index in [0.717, 1.165) is 30.9 Å². The van der Waals surface area contributed by atoms with Crippen LogP contribution >= 0.6 is 0 Å². The number of anilines is 3. The van der Waals surface area contributed by atoms with Crippen molar-refractivity contribution in [2.75, 3.05) is 36.5 Å². The molecule has 0 spiro atoms. The van der Waals surface area contributed by atoms with Gasteiger partial charge in [0.25, 0.3) is 5.56 Å². The maximum atomic E-state index is 12.9. The van der Waals surface area contributed by atoms with Crippen molar-refractivity contribution in [2.24, 2.45) is 7.05 Å². The second kappa shape index (κ2) is 9.09. The van der Waals surface area contributed by atoms with Gasteiger partial charge in [-0.25, -0.2) is 4.98 Å². The minimum atomic E-state index is -1.04. The first-order valence-electron chi connectivity index (χ1n) is 12.9. The van der Waals surface area contributed by atoms with Crippen molar-refractivity contribution < 1.29 is 19.2 Å². The van der Waals surface area contributed by atoms with Crippen molar-refractivity contribution in [1.82, 2.24) is 14.5 Å². The zero-order chi connectivity index (χ0) is 26.8. The number of pyridine rings is 2. The highest BCUT2D eigenvalue weighted by atomic mass is 16.7. The van der Waals surface area contributed by atoms with Gasteiger partial charge in [-0.2, -0.15) is 0 Å². The largest absolute Gasteiger partial charge is 0.496 e. The van der Waals surface area contributed by atoms with Crippen molar-refractivity contribution >= 4 is 29.8 Å². The van der Waals surface area contributed by atoms with Gasteiger partial charge in [-0.15, -0.1) is 0 Å². The summed E-state index contributed by atoms with van der Waals surface area (Å²) in [6, 6.07) is 5.97. The minimum absolute atomic E-state index is 0.0915. The summed E-state index contributed by atoms with van der Waals surface area (Å²) in [4.78, 5) is 21.8. The van der Waals surface area contributed by atoms with Crippen molar-refractivity contribution in [3.8, 4) is 0 Å². The van der Waals surface area contributed by atoms with Crippen LogP contribution in [0.1, 0.15) is 41.5 Å². The molecule has 0 aliphatic carbocycles. The molecule has 3 saturated heterocycles. The van der Waals surface area contributed by atoms with E-state index in [1.54, 1.807) is 25.5 Å². The fourth-order valence-electron chi connectivity index (χ4n) is 5.34. The third-order valence-corrected chi connectivity index (χ3v) is 8.12. The van der Waals surface area contributed by atoms with Gasteiger partial charge in [-0.05, 0) is 59.7 Å². The summed E-state index contributed by atoms with van der Waals surface area (Å²) in [6.45, 7) is 14.8. The van der Waals surface area contributed by atoms with E-state index in [9.17, 15) is 9.90 Å². The van der Waals surface area contributed by atoms with Gasteiger partial charge in [0.05, 0.1) is 42.3 Å². The van der Waals surface area contributed by atoms with Crippen molar-refractivity contribution in [1.29, 1.82) is 0 Å². The number of nitrogens with one attached hydrogen (secondary N) is 1. The highest BCUT2D eigenvalue weighted by Crippen LogP contribution is 2.36. The minimum Gasteiger partial charge on any atom is -0.399 e. The lowest BCUT2D eigenvalue weighted by atomic mass is 9.80. The van der Waals surface area contributed by atoms with Crippen LogP contribution in [0.5, 0.6) is 0 Å². The predicted octanol–water partition coefficient (Wildman–Crippen LogP) is 1.44. The lowest BCUT2D eigenvalue weighted by molar-refractivity contribution is -0.108. The zero-order valence-corrected chi connectivity index (χ0v) is 22.8. The van der Waals surface area contributed by atoms with Gasteiger partial charge >= 0.3 is 7.12 Å². The quantitative estimate of drug-likeness (QED) is 0.578. The molecule has 1 unspecified atom stereocenters. The Hall–Kier alpha value is -2.44. The van der Waals surface area contributed by atoms with Gasteiger partial charge in [0.2, 0.25) is 0 Å². The van der Waals surface area contributed by atoms with Crippen LogP contribution in [0.3, 0.4) is 0 Å². The van der Waals surface area contributed by atoms with Crippen LogP contribution < -0.4 is 21.2 Å². The molecule has 2 aromatic rings.